The second-order valence-electron chi connectivity index (χ2n) is 9.66. The van der Waals surface area contributed by atoms with Crippen LogP contribution in [0.15, 0.2) is 60.7 Å². The number of rotatable bonds is 4. The predicted octanol–water partition coefficient (Wildman–Crippen LogP) is 3.74. The van der Waals surface area contributed by atoms with E-state index in [1.54, 1.807) is 11.8 Å². The molecule has 1 N–H and O–H groups in total. The van der Waals surface area contributed by atoms with Crippen LogP contribution in [0.5, 0.6) is 11.5 Å². The molecule has 2 fully saturated rings. The van der Waals surface area contributed by atoms with E-state index < -0.39 is 17.5 Å². The van der Waals surface area contributed by atoms with E-state index in [2.05, 4.69) is 5.32 Å². The van der Waals surface area contributed by atoms with E-state index in [-0.39, 0.29) is 18.5 Å². The first-order valence-corrected chi connectivity index (χ1v) is 12.3. The largest absolute Gasteiger partial charge is 0.486 e. The fraction of sp³-hybridized carbons (Fsp3) is 0.321. The summed E-state index contributed by atoms with van der Waals surface area (Å²) in [6.45, 7) is 2.98. The molecular weight excluding hydrogens is 458 g/mol. The normalized spacial score (nSPS) is 23.3. The summed E-state index contributed by atoms with van der Waals surface area (Å²) in [5.41, 5.74) is 0.412. The number of carbonyl (C=O) groups is 3. The zero-order valence-corrected chi connectivity index (χ0v) is 20.0. The van der Waals surface area contributed by atoms with E-state index in [0.29, 0.717) is 36.8 Å². The van der Waals surface area contributed by atoms with Gasteiger partial charge in [0.15, 0.2) is 11.5 Å². The van der Waals surface area contributed by atoms with E-state index in [1.807, 2.05) is 60.7 Å². The zero-order valence-electron chi connectivity index (χ0n) is 20.0. The van der Waals surface area contributed by atoms with E-state index in [9.17, 15) is 14.4 Å². The van der Waals surface area contributed by atoms with E-state index in [0.717, 1.165) is 34.1 Å². The fourth-order valence-corrected chi connectivity index (χ4v) is 5.44. The van der Waals surface area contributed by atoms with Crippen molar-refractivity contribution in [3.05, 3.63) is 71.8 Å². The number of carbonyl (C=O) groups excluding carboxylic acids is 3. The molecule has 8 nitrogen and oxygen atoms in total. The highest BCUT2D eigenvalue weighted by Gasteiger charge is 2.50. The van der Waals surface area contributed by atoms with Crippen LogP contribution >= 0.6 is 0 Å². The Morgan fingerprint density at radius 1 is 1.00 bits per heavy atom. The maximum absolute atomic E-state index is 13.5. The zero-order chi connectivity index (χ0) is 24.9. The van der Waals surface area contributed by atoms with Crippen LogP contribution in [-0.2, 0) is 15.1 Å². The smallest absolute Gasteiger partial charge is 0.325 e. The number of fused-ring (bicyclic) bond motifs is 2. The lowest BCUT2D eigenvalue weighted by Gasteiger charge is -2.28. The third kappa shape index (κ3) is 3.64. The lowest BCUT2D eigenvalue weighted by atomic mass is 9.90. The summed E-state index contributed by atoms with van der Waals surface area (Å²) >= 11 is 0. The third-order valence-electron chi connectivity index (χ3n) is 7.42. The van der Waals surface area contributed by atoms with Crippen molar-refractivity contribution in [2.75, 3.05) is 26.3 Å². The first-order valence-electron chi connectivity index (χ1n) is 12.3. The second kappa shape index (κ2) is 8.55. The molecule has 0 aromatic heterocycles. The summed E-state index contributed by atoms with van der Waals surface area (Å²) in [5, 5.41) is 4.85. The molecule has 3 aliphatic heterocycles. The van der Waals surface area contributed by atoms with Gasteiger partial charge in [-0.1, -0.05) is 42.5 Å². The summed E-state index contributed by atoms with van der Waals surface area (Å²) in [4.78, 5) is 42.6. The number of likely N-dealkylation sites (tertiary alicyclic amines) is 1. The number of imide groups is 1. The van der Waals surface area contributed by atoms with E-state index in [1.165, 1.54) is 0 Å². The molecule has 36 heavy (non-hydrogen) atoms. The summed E-state index contributed by atoms with van der Waals surface area (Å²) in [6.07, 6.45) is 1.65. The van der Waals surface area contributed by atoms with Gasteiger partial charge in [0.2, 0.25) is 5.91 Å². The molecule has 3 aromatic rings. The first kappa shape index (κ1) is 22.4. The Hall–Kier alpha value is -4.07. The van der Waals surface area contributed by atoms with Crippen LogP contribution in [-0.4, -0.2) is 53.9 Å². The van der Waals surface area contributed by atoms with Crippen LogP contribution in [0.4, 0.5) is 4.79 Å². The van der Waals surface area contributed by atoms with Gasteiger partial charge in [0.25, 0.3) is 5.91 Å². The number of hydrogen-bond acceptors (Lipinski definition) is 5. The van der Waals surface area contributed by atoms with Gasteiger partial charge in [0.1, 0.15) is 25.3 Å². The lowest BCUT2D eigenvalue weighted by molar-refractivity contribution is -0.139. The highest BCUT2D eigenvalue weighted by molar-refractivity contribution is 6.09. The average molecular weight is 486 g/mol. The van der Waals surface area contributed by atoms with Gasteiger partial charge in [-0.2, -0.15) is 0 Å². The molecule has 8 heteroatoms. The summed E-state index contributed by atoms with van der Waals surface area (Å²) in [5.74, 6) is 0.705. The van der Waals surface area contributed by atoms with Crippen molar-refractivity contribution < 1.29 is 23.9 Å². The van der Waals surface area contributed by atoms with Crippen molar-refractivity contribution in [3.8, 4) is 11.5 Å². The first-order chi connectivity index (χ1) is 17.4. The van der Waals surface area contributed by atoms with Crippen LogP contribution in [0.25, 0.3) is 10.8 Å². The van der Waals surface area contributed by atoms with E-state index >= 15 is 0 Å². The Labute approximate surface area is 208 Å². The van der Waals surface area contributed by atoms with Gasteiger partial charge in [-0.3, -0.25) is 14.5 Å². The van der Waals surface area contributed by atoms with Gasteiger partial charge in [0, 0.05) is 6.54 Å². The summed E-state index contributed by atoms with van der Waals surface area (Å²) in [7, 11) is 0. The molecular formula is C28H27N3O5. The number of nitrogens with one attached hydrogen (secondary N) is 1. The van der Waals surface area contributed by atoms with Gasteiger partial charge < -0.3 is 19.7 Å². The van der Waals surface area contributed by atoms with Crippen LogP contribution < -0.4 is 14.8 Å². The highest BCUT2D eigenvalue weighted by Crippen LogP contribution is 2.38. The Balaban J connectivity index is 1.21. The summed E-state index contributed by atoms with van der Waals surface area (Å²) < 4.78 is 11.3. The Kier molecular flexibility index (Phi) is 5.32. The number of benzene rings is 3. The molecule has 3 aliphatic rings. The Morgan fingerprint density at radius 3 is 2.61 bits per heavy atom. The molecule has 6 rings (SSSR count). The summed E-state index contributed by atoms with van der Waals surface area (Å²) in [6, 6.07) is 18.6. The number of amides is 4. The molecule has 0 saturated carbocycles. The number of nitrogens with zero attached hydrogens (tertiary/aromatic N) is 2. The van der Waals surface area contributed by atoms with Crippen molar-refractivity contribution in [1.29, 1.82) is 0 Å². The Bertz CT molecular complexity index is 1390. The van der Waals surface area contributed by atoms with Gasteiger partial charge in [-0.05, 0) is 59.9 Å². The average Bonchev–Trinajstić information content (AvgIpc) is 3.48. The van der Waals surface area contributed by atoms with Crippen molar-refractivity contribution >= 4 is 28.6 Å². The van der Waals surface area contributed by atoms with Crippen LogP contribution in [0, 0.1) is 0 Å². The molecule has 0 radical (unpaired) electrons. The van der Waals surface area contributed by atoms with Gasteiger partial charge in [-0.25, -0.2) is 4.79 Å². The van der Waals surface area contributed by atoms with Crippen molar-refractivity contribution in [2.24, 2.45) is 0 Å². The molecule has 2 atom stereocenters. The third-order valence-corrected chi connectivity index (χ3v) is 7.42. The topological polar surface area (TPSA) is 88.2 Å². The van der Waals surface area contributed by atoms with Crippen LogP contribution in [0.3, 0.4) is 0 Å². The van der Waals surface area contributed by atoms with Gasteiger partial charge in [-0.15, -0.1) is 0 Å². The van der Waals surface area contributed by atoms with Crippen molar-refractivity contribution in [2.45, 2.75) is 31.3 Å². The minimum Gasteiger partial charge on any atom is -0.486 e. The predicted molar refractivity (Wildman–Crippen MR) is 133 cm³/mol. The number of hydrogen-bond donors (Lipinski definition) is 1. The molecule has 0 bridgehead atoms. The molecule has 184 valence electrons. The van der Waals surface area contributed by atoms with E-state index in [4.69, 9.17) is 9.47 Å². The molecule has 3 aromatic carbocycles. The second-order valence-corrected chi connectivity index (χ2v) is 9.66. The quantitative estimate of drug-likeness (QED) is 0.569. The van der Waals surface area contributed by atoms with Crippen LogP contribution in [0.2, 0.25) is 0 Å². The number of urea groups is 1. The molecule has 4 amide bonds. The molecule has 0 unspecified atom stereocenters. The molecule has 0 aliphatic carbocycles. The molecule has 3 heterocycles. The highest BCUT2D eigenvalue weighted by atomic mass is 16.6. The minimum absolute atomic E-state index is 0.138. The maximum Gasteiger partial charge on any atom is 0.325 e. The maximum atomic E-state index is 13.5. The van der Waals surface area contributed by atoms with Gasteiger partial charge >= 0.3 is 6.03 Å². The molecule has 2 saturated heterocycles. The molecule has 0 spiro atoms. The lowest BCUT2D eigenvalue weighted by Crippen LogP contribution is -2.44. The van der Waals surface area contributed by atoms with Gasteiger partial charge in [0.05, 0.1) is 6.04 Å². The van der Waals surface area contributed by atoms with Crippen molar-refractivity contribution in [1.82, 2.24) is 15.1 Å². The fourth-order valence-electron chi connectivity index (χ4n) is 5.44. The monoisotopic (exact) mass is 485 g/mol. The van der Waals surface area contributed by atoms with Crippen molar-refractivity contribution in [3.63, 3.8) is 0 Å². The Morgan fingerprint density at radius 2 is 1.78 bits per heavy atom. The standard InChI is InChI=1S/C28H27N3O5/c1-28(21-10-8-18-5-2-3-6-19(18)15-21)26(33)31(27(34)29-28)17-25(32)30-12-4-7-22(30)20-9-11-23-24(16-20)36-14-13-35-23/h2-3,5-6,8-11,15-16,22H,4,7,12-14,17H2,1H3,(H,29,34)/t22-,28-/m1/s1. The SMILES string of the molecule is C[C@]1(c2ccc3ccccc3c2)NC(=O)N(CC(=O)N2CCC[C@@H]2c2ccc3c(c2)OCCO3)C1=O. The van der Waals surface area contributed by atoms with Crippen LogP contribution in [0.1, 0.15) is 36.9 Å². The number of ether oxygens (including phenoxy) is 2. The minimum atomic E-state index is -1.23.